The number of ether oxygens (including phenoxy) is 1. The third-order valence-corrected chi connectivity index (χ3v) is 3.84. The van der Waals surface area contributed by atoms with Crippen molar-refractivity contribution in [2.75, 3.05) is 30.9 Å². The van der Waals surface area contributed by atoms with E-state index in [1.807, 2.05) is 6.92 Å². The number of aromatic nitrogens is 1. The number of carbonyl (C=O) groups excluding carboxylic acids is 1. The summed E-state index contributed by atoms with van der Waals surface area (Å²) in [5, 5.41) is 18.9. The molecule has 1 aliphatic heterocycles. The highest BCUT2D eigenvalue weighted by Crippen LogP contribution is 2.21. The minimum atomic E-state index is -0.460. The van der Waals surface area contributed by atoms with Crippen LogP contribution in [-0.2, 0) is 0 Å². The zero-order chi connectivity index (χ0) is 18.8. The van der Waals surface area contributed by atoms with Crippen LogP contribution in [0.3, 0.4) is 0 Å². The summed E-state index contributed by atoms with van der Waals surface area (Å²) in [6, 6.07) is 8.46. The molecule has 1 aromatic heterocycles. The van der Waals surface area contributed by atoms with Crippen molar-refractivity contribution in [3.63, 3.8) is 0 Å². The predicted molar refractivity (Wildman–Crippen MR) is 96.3 cm³/mol. The summed E-state index contributed by atoms with van der Waals surface area (Å²) >= 11 is 0. The van der Waals surface area contributed by atoms with Gasteiger partial charge in [-0.2, -0.15) is 0 Å². The van der Waals surface area contributed by atoms with Crippen molar-refractivity contribution < 1.29 is 24.2 Å². The van der Waals surface area contributed by atoms with Crippen LogP contribution in [0.15, 0.2) is 35.4 Å². The second-order valence-electron chi connectivity index (χ2n) is 5.94. The summed E-state index contributed by atoms with van der Waals surface area (Å²) in [7, 11) is 3.56. The monoisotopic (exact) mass is 355 g/mol. The average Bonchev–Trinajstić information content (AvgIpc) is 2.94. The smallest absolute Gasteiger partial charge is 0.316 e. The Balaban J connectivity index is 2.00. The number of nitrogens with zero attached hydrogens (tertiary/aromatic N) is 4. The summed E-state index contributed by atoms with van der Waals surface area (Å²) in [5.74, 6) is 0.523. The number of hydrogen-bond acceptors (Lipinski definition) is 5. The molecule has 0 saturated carbocycles. The van der Waals surface area contributed by atoms with Gasteiger partial charge < -0.3 is 15.3 Å². The Bertz CT molecular complexity index is 1010. The van der Waals surface area contributed by atoms with E-state index in [4.69, 9.17) is 4.74 Å². The number of amides is 1. The first kappa shape index (κ1) is 17.4. The summed E-state index contributed by atoms with van der Waals surface area (Å²) in [6.45, 7) is 6.04. The van der Waals surface area contributed by atoms with Gasteiger partial charge in [0.15, 0.2) is 6.72 Å². The number of carbonyl (C=O) groups is 1. The Morgan fingerprint density at radius 1 is 1.38 bits per heavy atom. The SMILES string of the molecule is C=[N+]1C=c2cc(NC(=O)c3cccc(N(C)C)[n+]3O)c(OCC)cc2=N1. The normalized spacial score (nSPS) is 12.0. The van der Waals surface area contributed by atoms with Crippen LogP contribution in [0.5, 0.6) is 5.75 Å². The fourth-order valence-electron chi connectivity index (χ4n) is 2.66. The molecule has 1 aliphatic rings. The minimum Gasteiger partial charge on any atom is -0.492 e. The van der Waals surface area contributed by atoms with Crippen molar-refractivity contribution in [3.8, 4) is 5.75 Å². The van der Waals surface area contributed by atoms with Gasteiger partial charge in [0, 0.05) is 17.2 Å². The zero-order valence-corrected chi connectivity index (χ0v) is 14.9. The molecule has 134 valence electrons. The maximum Gasteiger partial charge on any atom is 0.316 e. The van der Waals surface area contributed by atoms with E-state index in [0.29, 0.717) is 29.2 Å². The molecule has 1 amide bonds. The number of pyridine rings is 1. The quantitative estimate of drug-likeness (QED) is 0.581. The second-order valence-corrected chi connectivity index (χ2v) is 5.94. The van der Waals surface area contributed by atoms with Crippen LogP contribution in [0.2, 0.25) is 0 Å². The maximum atomic E-state index is 12.7. The molecule has 0 fully saturated rings. The first-order valence-electron chi connectivity index (χ1n) is 8.10. The summed E-state index contributed by atoms with van der Waals surface area (Å²) in [6.07, 6.45) is 1.75. The van der Waals surface area contributed by atoms with E-state index < -0.39 is 5.91 Å². The van der Waals surface area contributed by atoms with Gasteiger partial charge >= 0.3 is 5.82 Å². The third-order valence-electron chi connectivity index (χ3n) is 3.84. The number of nitrogens with one attached hydrogen (secondary N) is 1. The lowest BCUT2D eigenvalue weighted by atomic mass is 10.2. The summed E-state index contributed by atoms with van der Waals surface area (Å²) < 4.78 is 7.92. The first-order valence-corrected chi connectivity index (χ1v) is 8.10. The molecule has 0 spiro atoms. The van der Waals surface area contributed by atoms with Gasteiger partial charge in [0.25, 0.3) is 5.91 Å². The molecule has 0 unspecified atom stereocenters. The fourth-order valence-corrected chi connectivity index (χ4v) is 2.66. The predicted octanol–water partition coefficient (Wildman–Crippen LogP) is -0.0723. The first-order chi connectivity index (χ1) is 12.4. The molecule has 1 aromatic carbocycles. The lowest BCUT2D eigenvalue weighted by Crippen LogP contribution is -2.44. The highest BCUT2D eigenvalue weighted by molar-refractivity contribution is 6.02. The van der Waals surface area contributed by atoms with Gasteiger partial charge in [-0.25, -0.2) is 0 Å². The van der Waals surface area contributed by atoms with Crippen LogP contribution in [0, 0.1) is 0 Å². The van der Waals surface area contributed by atoms with E-state index in [1.165, 1.54) is 10.8 Å². The topological polar surface area (TPSA) is 81.1 Å². The van der Waals surface area contributed by atoms with Crippen molar-refractivity contribution in [2.45, 2.75) is 6.92 Å². The van der Waals surface area contributed by atoms with E-state index in [2.05, 4.69) is 17.1 Å². The largest absolute Gasteiger partial charge is 0.492 e. The number of rotatable bonds is 5. The Hall–Kier alpha value is -3.42. The fraction of sp³-hybridized carbons (Fsp3) is 0.222. The minimum absolute atomic E-state index is 0.103. The molecule has 0 atom stereocenters. The Kier molecular flexibility index (Phi) is 4.57. The van der Waals surface area contributed by atoms with Crippen LogP contribution in [0.4, 0.5) is 11.5 Å². The van der Waals surface area contributed by atoms with Gasteiger partial charge in [0.2, 0.25) is 11.9 Å². The molecule has 8 heteroatoms. The molecule has 0 aliphatic carbocycles. The van der Waals surface area contributed by atoms with Crippen LogP contribution < -0.4 is 30.3 Å². The van der Waals surface area contributed by atoms with Crippen molar-refractivity contribution in [1.29, 1.82) is 0 Å². The third kappa shape index (κ3) is 3.21. The standard InChI is InChI=1S/C18H20N5O3/c1-5-26-16-10-13-12(11-22(4)20-13)9-14(16)19-18(24)15-7-6-8-17(21(2)3)23(15)25/h6-11H,4-5H2,1-3H3,(H-,19,24,25)/q+1/p+1. The zero-order valence-electron chi connectivity index (χ0n) is 14.9. The molecule has 3 rings (SSSR count). The van der Waals surface area contributed by atoms with E-state index in [0.717, 1.165) is 9.95 Å². The van der Waals surface area contributed by atoms with Gasteiger partial charge in [-0.1, -0.05) is 4.68 Å². The van der Waals surface area contributed by atoms with Crippen molar-refractivity contribution in [1.82, 2.24) is 0 Å². The highest BCUT2D eigenvalue weighted by Gasteiger charge is 2.22. The van der Waals surface area contributed by atoms with E-state index >= 15 is 0 Å². The van der Waals surface area contributed by atoms with Crippen molar-refractivity contribution >= 4 is 30.3 Å². The van der Waals surface area contributed by atoms with Crippen LogP contribution in [-0.4, -0.2) is 43.2 Å². The summed E-state index contributed by atoms with van der Waals surface area (Å²) in [4.78, 5) is 14.4. The molecular formula is C18H21N5O3+2. The molecule has 2 aromatic rings. The molecule has 0 saturated heterocycles. The Labute approximate surface area is 150 Å². The van der Waals surface area contributed by atoms with E-state index in [1.54, 1.807) is 49.5 Å². The van der Waals surface area contributed by atoms with E-state index in [9.17, 15) is 10.0 Å². The molecule has 2 N–H and O–H groups in total. The lowest BCUT2D eigenvalue weighted by Gasteiger charge is -2.12. The number of benzene rings is 1. The van der Waals surface area contributed by atoms with Gasteiger partial charge in [0.1, 0.15) is 11.1 Å². The molecule has 0 bridgehead atoms. The number of fused-ring (bicyclic) bond motifs is 1. The summed E-state index contributed by atoms with van der Waals surface area (Å²) in [5.41, 5.74) is 0.596. The van der Waals surface area contributed by atoms with Crippen LogP contribution in [0.25, 0.3) is 6.20 Å². The number of anilines is 2. The van der Waals surface area contributed by atoms with Gasteiger partial charge in [-0.3, -0.25) is 9.69 Å². The maximum absolute atomic E-state index is 12.7. The highest BCUT2D eigenvalue weighted by atomic mass is 16.5. The van der Waals surface area contributed by atoms with Gasteiger partial charge in [-0.05, 0) is 29.9 Å². The van der Waals surface area contributed by atoms with Gasteiger partial charge in [-0.15, -0.1) is 0 Å². The number of hydrogen-bond donors (Lipinski definition) is 2. The Morgan fingerprint density at radius 3 is 2.85 bits per heavy atom. The average molecular weight is 355 g/mol. The molecule has 0 radical (unpaired) electrons. The molecule has 8 nitrogen and oxygen atoms in total. The van der Waals surface area contributed by atoms with Gasteiger partial charge in [0.05, 0.1) is 31.6 Å². The van der Waals surface area contributed by atoms with Crippen LogP contribution >= 0.6 is 0 Å². The lowest BCUT2D eigenvalue weighted by molar-refractivity contribution is -0.895. The molecule has 2 heterocycles. The van der Waals surface area contributed by atoms with Crippen molar-refractivity contribution in [3.05, 3.63) is 46.6 Å². The van der Waals surface area contributed by atoms with E-state index in [-0.39, 0.29) is 5.69 Å². The van der Waals surface area contributed by atoms with Crippen LogP contribution in [0.1, 0.15) is 17.4 Å². The van der Waals surface area contributed by atoms with Crippen molar-refractivity contribution in [2.24, 2.45) is 5.10 Å². The second kappa shape index (κ2) is 6.83. The molecular weight excluding hydrogens is 334 g/mol. The Morgan fingerprint density at radius 2 is 2.15 bits per heavy atom. The molecule has 26 heavy (non-hydrogen) atoms.